The Morgan fingerprint density at radius 1 is 0.897 bits per heavy atom. The number of aromatic nitrogens is 1. The molecule has 0 amide bonds. The van der Waals surface area contributed by atoms with E-state index in [4.69, 9.17) is 10.5 Å². The molecule has 5 aliphatic rings. The van der Waals surface area contributed by atoms with E-state index in [-0.39, 0.29) is 48.4 Å². The second-order valence-electron chi connectivity index (χ2n) is 23.7. The molecule has 0 spiro atoms. The molecule has 10 N–H and O–H groups in total. The molecule has 1 aromatic heterocycles. The topological polar surface area (TPSA) is 184 Å². The van der Waals surface area contributed by atoms with Gasteiger partial charge >= 0.3 is 0 Å². The third kappa shape index (κ3) is 13.9. The van der Waals surface area contributed by atoms with Gasteiger partial charge in [0.15, 0.2) is 11.5 Å². The first-order chi connectivity index (χ1) is 37.9. The predicted molar refractivity (Wildman–Crippen MR) is 318 cm³/mol. The highest BCUT2D eigenvalue weighted by Gasteiger charge is 2.44. The van der Waals surface area contributed by atoms with Crippen molar-refractivity contribution in [2.75, 3.05) is 31.3 Å². The van der Waals surface area contributed by atoms with Crippen LogP contribution in [0.5, 0.6) is 11.5 Å². The lowest BCUT2D eigenvalue weighted by Gasteiger charge is -2.36. The van der Waals surface area contributed by atoms with Gasteiger partial charge in [0.2, 0.25) is 0 Å². The second kappa shape index (κ2) is 27.3. The average Bonchev–Trinajstić information content (AvgIpc) is 4.10. The maximum atomic E-state index is 12.6. The van der Waals surface area contributed by atoms with E-state index >= 15 is 0 Å². The standard InChI is InChI=1S/C66H87N3O7S2/c1-4-43-31-49-34-59(73)61(76-62-35-50(32-52-17-12-28-68-52)53-24-29-69-65(67)57(53)41-78-77-40-51(39-71)64(62)75)37-55(49)56-36-60(74)63-47(33-54(43)56)23-26-66(27-30-70,25-11-10-18-58(63)72)38-48(44-13-6-5-7-14-44)22-21-46-16-9-8-15-45(46)20-19-42(2)3/h5-9,12-17,24,28,33-34,37,42-43,47-48,50-51,56,58,60,62-64,68-75H,4,10-11,18-22,25,27,29-32,35-36,38-41,67H2,1-3H3/t43-,47+,48+,50-,51+,56+,58+,60-,62+,63-,64+,66+/m1/s1. The number of aromatic hydroxyl groups is 1. The summed E-state index contributed by atoms with van der Waals surface area (Å²) < 4.78 is 6.97. The first-order valence-electron chi connectivity index (χ1n) is 29.3. The Morgan fingerprint density at radius 3 is 2.41 bits per heavy atom. The van der Waals surface area contributed by atoms with Crippen LogP contribution in [0.1, 0.15) is 137 Å². The number of aromatic amines is 1. The number of phenolic OH excluding ortho intramolecular Hbond substituents is 1. The summed E-state index contributed by atoms with van der Waals surface area (Å²) in [6.45, 7) is 7.16. The first-order valence-corrected chi connectivity index (χ1v) is 31.8. The zero-order valence-corrected chi connectivity index (χ0v) is 47.9. The van der Waals surface area contributed by atoms with Gasteiger partial charge in [0.05, 0.1) is 18.3 Å². The van der Waals surface area contributed by atoms with E-state index in [1.165, 1.54) is 22.3 Å². The zero-order chi connectivity index (χ0) is 54.8. The molecule has 0 unspecified atom stereocenters. The summed E-state index contributed by atoms with van der Waals surface area (Å²) in [4.78, 5) is 3.38. The van der Waals surface area contributed by atoms with Crippen molar-refractivity contribution in [3.05, 3.63) is 153 Å². The summed E-state index contributed by atoms with van der Waals surface area (Å²) in [5, 5.41) is 74.1. The number of aryl methyl sites for hydroxylation is 2. The van der Waals surface area contributed by atoms with Crippen LogP contribution in [0.25, 0.3) is 0 Å². The Labute approximate surface area is 472 Å². The number of phenols is 1. The number of ether oxygens (including phenoxy) is 1. The van der Waals surface area contributed by atoms with E-state index < -0.39 is 47.6 Å². The number of rotatable bonds is 17. The number of nitrogens with two attached hydrogens (primary N) is 1. The summed E-state index contributed by atoms with van der Waals surface area (Å²) in [5.74, 6) is 8.92. The number of aliphatic hydroxyl groups is 5. The Morgan fingerprint density at radius 2 is 1.68 bits per heavy atom. The van der Waals surface area contributed by atoms with E-state index in [9.17, 15) is 30.6 Å². The number of hydrogen-bond donors (Lipinski definition) is 9. The average molecular weight is 1100 g/mol. The van der Waals surface area contributed by atoms with Gasteiger partial charge in [-0.05, 0) is 165 Å². The summed E-state index contributed by atoms with van der Waals surface area (Å²) in [6.07, 6.45) is 14.3. The summed E-state index contributed by atoms with van der Waals surface area (Å²) in [6, 6.07) is 27.6. The lowest BCUT2D eigenvalue weighted by molar-refractivity contribution is -0.0214. The Balaban J connectivity index is 1.06. The van der Waals surface area contributed by atoms with Gasteiger partial charge in [0, 0.05) is 77.8 Å². The molecule has 1 saturated heterocycles. The van der Waals surface area contributed by atoms with Crippen LogP contribution in [0.4, 0.5) is 0 Å². The van der Waals surface area contributed by atoms with Gasteiger partial charge in [-0.2, -0.15) is 0 Å². The first kappa shape index (κ1) is 58.1. The normalized spacial score (nSPS) is 29.1. The lowest BCUT2D eigenvalue weighted by Crippen LogP contribution is -2.42. The van der Waals surface area contributed by atoms with Gasteiger partial charge in [-0.25, -0.2) is 0 Å². The number of H-pyrrole nitrogens is 1. The van der Waals surface area contributed by atoms with Crippen molar-refractivity contribution in [2.24, 2.45) is 46.7 Å². The SMILES string of the molecule is CC[C@@H]1Cc2cc(O)c(O[C@H]3C[C@@H](Cc4ccc[nH]4)C4=CCNC(N)=C4CSSC[C@H](CO)[C@@H]3O)cc2[C@H]2C[C@@H](O)[C@@H]3[C@@H](C#C[C@@](CCO)(C[C@H](CCc4ccccc4CCC(C)C)c4ccccc4)CCCC[C@@H]3O)C=C12. The number of hydrogen-bond acceptors (Lipinski definition) is 11. The molecule has 12 atom stereocenters. The van der Waals surface area contributed by atoms with E-state index in [2.05, 4.69) is 116 Å². The van der Waals surface area contributed by atoms with E-state index in [1.54, 1.807) is 21.6 Å². The minimum atomic E-state index is -1.06. The fraction of sp³-hybridized carbons (Fsp3) is 0.545. The van der Waals surface area contributed by atoms with Crippen LogP contribution in [0.2, 0.25) is 0 Å². The van der Waals surface area contributed by atoms with Crippen LogP contribution < -0.4 is 15.8 Å². The predicted octanol–water partition coefficient (Wildman–Crippen LogP) is 11.1. The zero-order valence-electron chi connectivity index (χ0n) is 46.3. The molecule has 3 aliphatic carbocycles. The number of dihydropyridines is 1. The largest absolute Gasteiger partial charge is 0.504 e. The van der Waals surface area contributed by atoms with Crippen LogP contribution in [-0.2, 0) is 25.7 Å². The van der Waals surface area contributed by atoms with E-state index in [0.29, 0.717) is 68.3 Å². The molecule has 12 heteroatoms. The molecule has 0 saturated carbocycles. The fourth-order valence-electron chi connectivity index (χ4n) is 13.7. The van der Waals surface area contributed by atoms with Crippen molar-refractivity contribution in [3.63, 3.8) is 0 Å². The van der Waals surface area contributed by atoms with Crippen molar-refractivity contribution >= 4 is 21.6 Å². The van der Waals surface area contributed by atoms with Crippen molar-refractivity contribution in [3.8, 4) is 23.3 Å². The van der Waals surface area contributed by atoms with Crippen LogP contribution in [0, 0.1) is 52.8 Å². The van der Waals surface area contributed by atoms with Gasteiger partial charge in [0.1, 0.15) is 11.9 Å². The van der Waals surface area contributed by atoms with Crippen molar-refractivity contribution in [1.82, 2.24) is 10.3 Å². The van der Waals surface area contributed by atoms with Crippen LogP contribution in [0.3, 0.4) is 0 Å². The minimum Gasteiger partial charge on any atom is -0.504 e. The van der Waals surface area contributed by atoms with Gasteiger partial charge < -0.3 is 51.4 Å². The molecule has 0 radical (unpaired) electrons. The molecule has 1 fully saturated rings. The van der Waals surface area contributed by atoms with Crippen molar-refractivity contribution < 1.29 is 35.4 Å². The second-order valence-corrected chi connectivity index (χ2v) is 26.3. The molecule has 2 aliphatic heterocycles. The molecule has 9 rings (SSSR count). The maximum absolute atomic E-state index is 12.6. The summed E-state index contributed by atoms with van der Waals surface area (Å²) in [5.41, 5.74) is 16.7. The van der Waals surface area contributed by atoms with Crippen LogP contribution >= 0.6 is 21.6 Å². The number of benzene rings is 3. The van der Waals surface area contributed by atoms with Gasteiger partial charge in [-0.1, -0.05) is 139 Å². The quantitative estimate of drug-likeness (QED) is 0.0279. The third-order valence-corrected chi connectivity index (χ3v) is 20.6. The van der Waals surface area contributed by atoms with Gasteiger partial charge in [-0.3, -0.25) is 0 Å². The fourth-order valence-corrected chi connectivity index (χ4v) is 16.2. The van der Waals surface area contributed by atoms with Gasteiger partial charge in [0.25, 0.3) is 0 Å². The maximum Gasteiger partial charge on any atom is 0.161 e. The highest BCUT2D eigenvalue weighted by molar-refractivity contribution is 8.76. The smallest absolute Gasteiger partial charge is 0.161 e. The molecule has 0 bridgehead atoms. The molecular formula is C66H87N3O7S2. The highest BCUT2D eigenvalue weighted by atomic mass is 33.1. The Hall–Kier alpha value is -4.58. The third-order valence-electron chi connectivity index (χ3n) is 18.2. The van der Waals surface area contributed by atoms with Crippen molar-refractivity contribution in [1.29, 1.82) is 0 Å². The highest BCUT2D eigenvalue weighted by Crippen LogP contribution is 2.51. The number of fused-ring (bicyclic) bond motifs is 5. The number of aliphatic hydroxyl groups excluding tert-OH is 5. The van der Waals surface area contributed by atoms with Gasteiger partial charge in [-0.15, -0.1) is 0 Å². The minimum absolute atomic E-state index is 0.0103. The summed E-state index contributed by atoms with van der Waals surface area (Å²) >= 11 is 0. The lowest BCUT2D eigenvalue weighted by atomic mass is 9.69. The van der Waals surface area contributed by atoms with Crippen molar-refractivity contribution in [2.45, 2.75) is 153 Å². The molecule has 420 valence electrons. The number of allylic oxidation sites excluding steroid dienone is 3. The monoisotopic (exact) mass is 1100 g/mol. The Bertz CT molecular complexity index is 2750. The molecule has 10 nitrogen and oxygen atoms in total. The molecule has 78 heavy (non-hydrogen) atoms. The molecular weight excluding hydrogens is 1010 g/mol. The molecule has 3 aromatic carbocycles. The molecule has 4 aromatic rings. The van der Waals surface area contributed by atoms with E-state index in [1.807, 2.05) is 24.4 Å². The molecule has 3 heterocycles. The van der Waals surface area contributed by atoms with Crippen LogP contribution in [-0.4, -0.2) is 91.3 Å². The van der Waals surface area contributed by atoms with Crippen LogP contribution in [0.15, 0.2) is 120 Å². The Kier molecular flexibility index (Phi) is 20.3. The summed E-state index contributed by atoms with van der Waals surface area (Å²) in [7, 11) is 3.27. The number of nitrogens with one attached hydrogen (secondary N) is 2. The van der Waals surface area contributed by atoms with E-state index in [0.717, 1.165) is 85.8 Å².